The van der Waals surface area contributed by atoms with Crippen LogP contribution in [-0.2, 0) is 0 Å². The lowest BCUT2D eigenvalue weighted by Gasteiger charge is -1.96. The van der Waals surface area contributed by atoms with E-state index in [1.807, 2.05) is 24.3 Å². The molecular formula is C15H13N5. The van der Waals surface area contributed by atoms with Crippen molar-refractivity contribution < 1.29 is 0 Å². The second-order valence-corrected chi connectivity index (χ2v) is 4.96. The third kappa shape index (κ3) is 1.64. The van der Waals surface area contributed by atoms with Gasteiger partial charge in [0.25, 0.3) is 0 Å². The Morgan fingerprint density at radius 2 is 1.65 bits per heavy atom. The van der Waals surface area contributed by atoms with Crippen LogP contribution < -0.4 is 5.73 Å². The maximum atomic E-state index is 5.67. The Kier molecular flexibility index (Phi) is 2.12. The molecule has 20 heavy (non-hydrogen) atoms. The molecule has 0 atom stereocenters. The predicted octanol–water partition coefficient (Wildman–Crippen LogP) is 3.00. The molecule has 5 nitrogen and oxygen atoms in total. The smallest absolute Gasteiger partial charge is 0.198 e. The Balaban J connectivity index is 1.90. The average molecular weight is 263 g/mol. The number of aromatic amines is 2. The van der Waals surface area contributed by atoms with E-state index in [4.69, 9.17) is 5.73 Å². The summed E-state index contributed by atoms with van der Waals surface area (Å²) < 4.78 is 0. The maximum Gasteiger partial charge on any atom is 0.198 e. The van der Waals surface area contributed by atoms with Crippen LogP contribution in [-0.4, -0.2) is 19.9 Å². The van der Waals surface area contributed by atoms with Crippen molar-refractivity contribution in [3.05, 3.63) is 42.0 Å². The highest BCUT2D eigenvalue weighted by Gasteiger charge is 2.07. The molecule has 2 heterocycles. The fourth-order valence-corrected chi connectivity index (χ4v) is 2.44. The van der Waals surface area contributed by atoms with E-state index in [1.165, 1.54) is 5.56 Å². The molecule has 98 valence electrons. The summed E-state index contributed by atoms with van der Waals surface area (Å²) in [6.45, 7) is 2.07. The second-order valence-electron chi connectivity index (χ2n) is 4.96. The number of fused-ring (bicyclic) bond motifs is 2. The summed E-state index contributed by atoms with van der Waals surface area (Å²) in [7, 11) is 0. The van der Waals surface area contributed by atoms with Gasteiger partial charge in [-0.15, -0.1) is 0 Å². The van der Waals surface area contributed by atoms with Crippen molar-refractivity contribution in [1.29, 1.82) is 0 Å². The lowest BCUT2D eigenvalue weighted by Crippen LogP contribution is -1.84. The highest BCUT2D eigenvalue weighted by atomic mass is 15.0. The van der Waals surface area contributed by atoms with Crippen LogP contribution in [0, 0.1) is 6.92 Å². The summed E-state index contributed by atoms with van der Waals surface area (Å²) in [5, 5.41) is 0. The SMILES string of the molecule is Cc1ccc2nc(-c3ccc4nc(N)[nH]c4c3)[nH]c2c1. The van der Waals surface area contributed by atoms with Crippen LogP contribution in [0.3, 0.4) is 0 Å². The minimum Gasteiger partial charge on any atom is -0.369 e. The number of nitrogen functional groups attached to an aromatic ring is 1. The van der Waals surface area contributed by atoms with Crippen molar-refractivity contribution >= 4 is 28.0 Å². The number of nitrogens with two attached hydrogens (primary N) is 1. The molecule has 0 radical (unpaired) electrons. The number of hydrogen-bond donors (Lipinski definition) is 3. The van der Waals surface area contributed by atoms with Gasteiger partial charge in [-0.05, 0) is 42.8 Å². The van der Waals surface area contributed by atoms with Gasteiger partial charge in [-0.3, -0.25) is 0 Å². The van der Waals surface area contributed by atoms with Gasteiger partial charge in [0.05, 0.1) is 22.1 Å². The lowest BCUT2D eigenvalue weighted by atomic mass is 10.2. The van der Waals surface area contributed by atoms with Gasteiger partial charge in [0.2, 0.25) is 0 Å². The highest BCUT2D eigenvalue weighted by molar-refractivity contribution is 5.85. The normalized spacial score (nSPS) is 11.4. The van der Waals surface area contributed by atoms with Crippen LogP contribution in [0.2, 0.25) is 0 Å². The summed E-state index contributed by atoms with van der Waals surface area (Å²) in [4.78, 5) is 15.2. The van der Waals surface area contributed by atoms with Gasteiger partial charge in [0.1, 0.15) is 5.82 Å². The first kappa shape index (κ1) is 11.0. The zero-order valence-electron chi connectivity index (χ0n) is 10.9. The van der Waals surface area contributed by atoms with E-state index in [0.29, 0.717) is 5.95 Å². The van der Waals surface area contributed by atoms with E-state index in [2.05, 4.69) is 39.0 Å². The molecule has 2 aromatic carbocycles. The number of aryl methyl sites for hydroxylation is 1. The standard InChI is InChI=1S/C15H13N5/c1-8-2-4-10-12(6-8)18-14(17-10)9-3-5-11-13(7-9)20-15(16)19-11/h2-7H,1H3,(H,17,18)(H3,16,19,20). The quantitative estimate of drug-likeness (QED) is 0.493. The average Bonchev–Trinajstić information content (AvgIpc) is 2.99. The Bertz CT molecular complexity index is 932. The summed E-state index contributed by atoms with van der Waals surface area (Å²) in [5.74, 6) is 1.28. The number of nitrogens with zero attached hydrogens (tertiary/aromatic N) is 2. The van der Waals surface area contributed by atoms with Crippen molar-refractivity contribution in [1.82, 2.24) is 19.9 Å². The van der Waals surface area contributed by atoms with E-state index < -0.39 is 0 Å². The summed E-state index contributed by atoms with van der Waals surface area (Å²) in [5.41, 5.74) is 11.7. The largest absolute Gasteiger partial charge is 0.369 e. The van der Waals surface area contributed by atoms with E-state index >= 15 is 0 Å². The summed E-state index contributed by atoms with van der Waals surface area (Å²) >= 11 is 0. The molecule has 0 amide bonds. The second kappa shape index (κ2) is 3.84. The van der Waals surface area contributed by atoms with Crippen LogP contribution in [0.15, 0.2) is 36.4 Å². The number of aromatic nitrogens is 4. The predicted molar refractivity (Wildman–Crippen MR) is 80.3 cm³/mol. The van der Waals surface area contributed by atoms with Crippen LogP contribution in [0.25, 0.3) is 33.5 Å². The molecule has 5 heteroatoms. The molecular weight excluding hydrogens is 250 g/mol. The minimum atomic E-state index is 0.428. The molecule has 0 saturated heterocycles. The Morgan fingerprint density at radius 1 is 0.900 bits per heavy atom. The van der Waals surface area contributed by atoms with Crippen molar-refractivity contribution in [3.63, 3.8) is 0 Å². The molecule has 0 fully saturated rings. The molecule has 4 rings (SSSR count). The number of benzene rings is 2. The van der Waals surface area contributed by atoms with Crippen molar-refractivity contribution in [2.24, 2.45) is 0 Å². The zero-order chi connectivity index (χ0) is 13.7. The highest BCUT2D eigenvalue weighted by Crippen LogP contribution is 2.24. The van der Waals surface area contributed by atoms with Crippen LogP contribution in [0.5, 0.6) is 0 Å². The van der Waals surface area contributed by atoms with Crippen molar-refractivity contribution in [3.8, 4) is 11.4 Å². The van der Waals surface area contributed by atoms with Gasteiger partial charge in [-0.1, -0.05) is 6.07 Å². The summed E-state index contributed by atoms with van der Waals surface area (Å²) in [6.07, 6.45) is 0. The number of imidazole rings is 2. The molecule has 0 spiro atoms. The lowest BCUT2D eigenvalue weighted by molar-refractivity contribution is 1.34. The fraction of sp³-hybridized carbons (Fsp3) is 0.0667. The fourth-order valence-electron chi connectivity index (χ4n) is 2.44. The molecule has 4 aromatic rings. The molecule has 0 bridgehead atoms. The summed E-state index contributed by atoms with van der Waals surface area (Å²) in [6, 6.07) is 12.1. The Hall–Kier alpha value is -2.82. The van der Waals surface area contributed by atoms with E-state index in [0.717, 1.165) is 33.5 Å². The first-order valence-corrected chi connectivity index (χ1v) is 6.41. The van der Waals surface area contributed by atoms with E-state index in [9.17, 15) is 0 Å². The molecule has 0 unspecified atom stereocenters. The monoisotopic (exact) mass is 263 g/mol. The first-order chi connectivity index (χ1) is 9.69. The topological polar surface area (TPSA) is 83.4 Å². The van der Waals surface area contributed by atoms with Gasteiger partial charge < -0.3 is 15.7 Å². The van der Waals surface area contributed by atoms with Gasteiger partial charge >= 0.3 is 0 Å². The van der Waals surface area contributed by atoms with Crippen molar-refractivity contribution in [2.45, 2.75) is 6.92 Å². The van der Waals surface area contributed by atoms with E-state index in [1.54, 1.807) is 0 Å². The number of H-pyrrole nitrogens is 2. The molecule has 0 saturated carbocycles. The molecule has 0 aliphatic heterocycles. The molecule has 4 N–H and O–H groups in total. The van der Waals surface area contributed by atoms with Crippen LogP contribution in [0.1, 0.15) is 5.56 Å². The molecule has 0 aliphatic carbocycles. The zero-order valence-corrected chi connectivity index (χ0v) is 10.9. The molecule has 2 aromatic heterocycles. The van der Waals surface area contributed by atoms with Gasteiger partial charge in [-0.25, -0.2) is 9.97 Å². The molecule has 0 aliphatic rings. The van der Waals surface area contributed by atoms with Crippen LogP contribution >= 0.6 is 0 Å². The van der Waals surface area contributed by atoms with Gasteiger partial charge in [0, 0.05) is 5.56 Å². The maximum absolute atomic E-state index is 5.67. The Morgan fingerprint density at radius 3 is 2.55 bits per heavy atom. The van der Waals surface area contributed by atoms with Crippen LogP contribution in [0.4, 0.5) is 5.95 Å². The first-order valence-electron chi connectivity index (χ1n) is 6.41. The number of hydrogen-bond acceptors (Lipinski definition) is 3. The third-order valence-corrected chi connectivity index (χ3v) is 3.41. The minimum absolute atomic E-state index is 0.428. The number of rotatable bonds is 1. The Labute approximate surface area is 114 Å². The van der Waals surface area contributed by atoms with Gasteiger partial charge in [-0.2, -0.15) is 0 Å². The third-order valence-electron chi connectivity index (χ3n) is 3.41. The van der Waals surface area contributed by atoms with E-state index in [-0.39, 0.29) is 0 Å². The number of nitrogens with one attached hydrogen (secondary N) is 2. The number of anilines is 1. The van der Waals surface area contributed by atoms with Crippen molar-refractivity contribution in [2.75, 3.05) is 5.73 Å². The van der Waals surface area contributed by atoms with Gasteiger partial charge in [0.15, 0.2) is 5.95 Å².